The van der Waals surface area contributed by atoms with Crippen molar-refractivity contribution in [1.29, 1.82) is 0 Å². The standard InChI is InChI=1S/C11H10N2O3S/c1-16-11(15)8-12-9(14)7-5-3-2-4-6(5)17-10(7)13-8/h2-4H2,1H3,(H,12,13,14). The van der Waals surface area contributed by atoms with Crippen molar-refractivity contribution < 1.29 is 9.53 Å². The fraction of sp³-hybridized carbons (Fsp3) is 0.364. The van der Waals surface area contributed by atoms with Crippen LogP contribution in [0.25, 0.3) is 10.2 Å². The highest BCUT2D eigenvalue weighted by Gasteiger charge is 2.22. The van der Waals surface area contributed by atoms with Crippen molar-refractivity contribution in [2.45, 2.75) is 19.3 Å². The molecule has 2 heterocycles. The van der Waals surface area contributed by atoms with Gasteiger partial charge < -0.3 is 9.72 Å². The van der Waals surface area contributed by atoms with Crippen LogP contribution in [0.15, 0.2) is 4.79 Å². The van der Waals surface area contributed by atoms with Crippen LogP contribution in [0, 0.1) is 0 Å². The van der Waals surface area contributed by atoms with Gasteiger partial charge in [0.2, 0.25) is 5.82 Å². The van der Waals surface area contributed by atoms with Crippen LogP contribution >= 0.6 is 11.3 Å². The number of nitrogens with one attached hydrogen (secondary N) is 1. The van der Waals surface area contributed by atoms with Crippen LogP contribution in [0.2, 0.25) is 0 Å². The van der Waals surface area contributed by atoms with Gasteiger partial charge in [-0.15, -0.1) is 11.3 Å². The minimum atomic E-state index is -0.613. The van der Waals surface area contributed by atoms with Gasteiger partial charge in [-0.1, -0.05) is 0 Å². The molecule has 0 saturated carbocycles. The Hall–Kier alpha value is -1.69. The molecule has 0 radical (unpaired) electrons. The number of aromatic amines is 1. The first-order valence-corrected chi connectivity index (χ1v) is 6.15. The van der Waals surface area contributed by atoms with Crippen LogP contribution in [0.5, 0.6) is 0 Å². The molecule has 6 heteroatoms. The van der Waals surface area contributed by atoms with Crippen LogP contribution in [0.3, 0.4) is 0 Å². The highest BCUT2D eigenvalue weighted by atomic mass is 32.1. The van der Waals surface area contributed by atoms with Gasteiger partial charge in [0.15, 0.2) is 0 Å². The van der Waals surface area contributed by atoms with Crippen molar-refractivity contribution in [1.82, 2.24) is 9.97 Å². The van der Waals surface area contributed by atoms with Crippen LogP contribution < -0.4 is 5.56 Å². The van der Waals surface area contributed by atoms with E-state index in [1.807, 2.05) is 0 Å². The third-order valence-electron chi connectivity index (χ3n) is 2.95. The Balaban J connectivity index is 2.29. The number of ether oxygens (including phenoxy) is 1. The number of aryl methyl sites for hydroxylation is 2. The van der Waals surface area contributed by atoms with E-state index in [1.165, 1.54) is 23.3 Å². The third-order valence-corrected chi connectivity index (χ3v) is 4.14. The number of hydrogen-bond donors (Lipinski definition) is 1. The van der Waals surface area contributed by atoms with E-state index in [0.29, 0.717) is 10.2 Å². The summed E-state index contributed by atoms with van der Waals surface area (Å²) in [5.74, 6) is -0.637. The van der Waals surface area contributed by atoms with Gasteiger partial charge in [0.05, 0.1) is 12.5 Å². The van der Waals surface area contributed by atoms with E-state index in [4.69, 9.17) is 0 Å². The van der Waals surface area contributed by atoms with Gasteiger partial charge in [0, 0.05) is 4.88 Å². The zero-order chi connectivity index (χ0) is 12.0. The number of hydrogen-bond acceptors (Lipinski definition) is 5. The quantitative estimate of drug-likeness (QED) is 0.773. The van der Waals surface area contributed by atoms with Crippen molar-refractivity contribution in [3.8, 4) is 0 Å². The van der Waals surface area contributed by atoms with Gasteiger partial charge in [-0.2, -0.15) is 0 Å². The van der Waals surface area contributed by atoms with Crippen molar-refractivity contribution in [3.05, 3.63) is 26.6 Å². The molecule has 0 bridgehead atoms. The fourth-order valence-corrected chi connectivity index (χ4v) is 3.46. The van der Waals surface area contributed by atoms with Crippen molar-refractivity contribution in [2.24, 2.45) is 0 Å². The van der Waals surface area contributed by atoms with Crippen LogP contribution in [-0.2, 0) is 17.6 Å². The molecule has 2 aromatic heterocycles. The number of thiophene rings is 1. The van der Waals surface area contributed by atoms with Gasteiger partial charge in [0.25, 0.3) is 5.56 Å². The lowest BCUT2D eigenvalue weighted by Gasteiger charge is -1.98. The zero-order valence-corrected chi connectivity index (χ0v) is 10.0. The second-order valence-electron chi connectivity index (χ2n) is 3.94. The monoisotopic (exact) mass is 250 g/mol. The molecule has 0 aromatic carbocycles. The molecule has 0 amide bonds. The Bertz CT molecular complexity index is 671. The number of carbonyl (C=O) groups is 1. The van der Waals surface area contributed by atoms with Gasteiger partial charge in [-0.3, -0.25) is 4.79 Å². The van der Waals surface area contributed by atoms with E-state index in [9.17, 15) is 9.59 Å². The molecular weight excluding hydrogens is 240 g/mol. The molecule has 5 nitrogen and oxygen atoms in total. The first-order valence-electron chi connectivity index (χ1n) is 5.33. The molecule has 88 valence electrons. The fourth-order valence-electron chi connectivity index (χ4n) is 2.20. The SMILES string of the molecule is COC(=O)c1nc2sc3c(c2c(=O)[nH]1)CCC3. The van der Waals surface area contributed by atoms with E-state index in [-0.39, 0.29) is 11.4 Å². The maximum atomic E-state index is 11.9. The van der Waals surface area contributed by atoms with Crippen molar-refractivity contribution in [2.75, 3.05) is 7.11 Å². The van der Waals surface area contributed by atoms with Crippen molar-refractivity contribution >= 4 is 27.5 Å². The van der Waals surface area contributed by atoms with Crippen LogP contribution in [-0.4, -0.2) is 23.0 Å². The van der Waals surface area contributed by atoms with Crippen molar-refractivity contribution in [3.63, 3.8) is 0 Å². The number of nitrogens with zero attached hydrogens (tertiary/aromatic N) is 1. The van der Waals surface area contributed by atoms with Crippen LogP contribution in [0.1, 0.15) is 27.5 Å². The van der Waals surface area contributed by atoms with Crippen LogP contribution in [0.4, 0.5) is 0 Å². The van der Waals surface area contributed by atoms with Gasteiger partial charge >= 0.3 is 5.97 Å². The highest BCUT2D eigenvalue weighted by molar-refractivity contribution is 7.18. The molecule has 0 aliphatic heterocycles. The largest absolute Gasteiger partial charge is 0.463 e. The molecule has 0 atom stereocenters. The Labute approximate surface area is 100 Å². The van der Waals surface area contributed by atoms with E-state index in [0.717, 1.165) is 24.8 Å². The van der Waals surface area contributed by atoms with Gasteiger partial charge in [0.1, 0.15) is 4.83 Å². The number of fused-ring (bicyclic) bond motifs is 3. The summed E-state index contributed by atoms with van der Waals surface area (Å²) in [4.78, 5) is 31.8. The Morgan fingerprint density at radius 2 is 2.29 bits per heavy atom. The van der Waals surface area contributed by atoms with E-state index < -0.39 is 5.97 Å². The predicted octanol–water partition coefficient (Wildman–Crippen LogP) is 1.26. The number of methoxy groups -OCH3 is 1. The molecule has 0 saturated heterocycles. The lowest BCUT2D eigenvalue weighted by Crippen LogP contribution is -2.16. The van der Waals surface area contributed by atoms with E-state index in [1.54, 1.807) is 0 Å². The summed E-state index contributed by atoms with van der Waals surface area (Å²) in [6.07, 6.45) is 3.02. The smallest absolute Gasteiger partial charge is 0.374 e. The Morgan fingerprint density at radius 1 is 1.47 bits per heavy atom. The molecule has 1 N–H and O–H groups in total. The first-order chi connectivity index (χ1) is 8.20. The molecule has 0 fully saturated rings. The normalized spacial score (nSPS) is 13.9. The van der Waals surface area contributed by atoms with E-state index in [2.05, 4.69) is 14.7 Å². The molecule has 17 heavy (non-hydrogen) atoms. The molecule has 0 unspecified atom stereocenters. The summed E-state index contributed by atoms with van der Waals surface area (Å²) in [7, 11) is 1.26. The Morgan fingerprint density at radius 3 is 3.06 bits per heavy atom. The average molecular weight is 250 g/mol. The number of aromatic nitrogens is 2. The lowest BCUT2D eigenvalue weighted by atomic mass is 10.2. The molecule has 1 aliphatic rings. The zero-order valence-electron chi connectivity index (χ0n) is 9.20. The Kier molecular flexibility index (Phi) is 2.25. The maximum absolute atomic E-state index is 11.9. The number of H-pyrrole nitrogens is 1. The molecule has 1 aliphatic carbocycles. The summed E-state index contributed by atoms with van der Waals surface area (Å²) in [6.45, 7) is 0. The number of rotatable bonds is 1. The van der Waals surface area contributed by atoms with Gasteiger partial charge in [-0.05, 0) is 24.8 Å². The predicted molar refractivity (Wildman–Crippen MR) is 63.6 cm³/mol. The maximum Gasteiger partial charge on any atom is 0.374 e. The molecular formula is C11H10N2O3S. The molecule has 0 spiro atoms. The lowest BCUT2D eigenvalue weighted by molar-refractivity contribution is 0.0587. The summed E-state index contributed by atoms with van der Waals surface area (Å²) in [6, 6.07) is 0. The third kappa shape index (κ3) is 1.48. The van der Waals surface area contributed by atoms with E-state index >= 15 is 0 Å². The first kappa shape index (κ1) is 10.5. The molecule has 3 rings (SSSR count). The highest BCUT2D eigenvalue weighted by Crippen LogP contribution is 2.34. The second-order valence-corrected chi connectivity index (χ2v) is 5.03. The summed E-state index contributed by atoms with van der Waals surface area (Å²) in [5.41, 5.74) is 0.866. The minimum absolute atomic E-state index is 0.0232. The average Bonchev–Trinajstić information content (AvgIpc) is 2.86. The number of carbonyl (C=O) groups excluding carboxylic acids is 1. The second kappa shape index (κ2) is 3.66. The summed E-state index contributed by atoms with van der Waals surface area (Å²) in [5, 5.41) is 0.648. The topological polar surface area (TPSA) is 72.0 Å². The minimum Gasteiger partial charge on any atom is -0.463 e. The number of esters is 1. The molecule has 2 aromatic rings. The summed E-state index contributed by atoms with van der Waals surface area (Å²) < 4.78 is 4.55. The summed E-state index contributed by atoms with van der Waals surface area (Å²) >= 11 is 1.50. The van der Waals surface area contributed by atoms with Gasteiger partial charge in [-0.25, -0.2) is 9.78 Å².